The van der Waals surface area contributed by atoms with Crippen LogP contribution in [0.2, 0.25) is 0 Å². The second-order valence-electron chi connectivity index (χ2n) is 6.64. The maximum absolute atomic E-state index is 10.8. The molecule has 2 fully saturated rings. The Morgan fingerprint density at radius 3 is 2.40 bits per heavy atom. The van der Waals surface area contributed by atoms with Gasteiger partial charge in [-0.2, -0.15) is 0 Å². The fourth-order valence-electron chi connectivity index (χ4n) is 4.14. The molecule has 1 aromatic rings. The summed E-state index contributed by atoms with van der Waals surface area (Å²) in [6.07, 6.45) is 6.44. The minimum absolute atomic E-state index is 0. The maximum Gasteiger partial charge on any atom is 0.163 e. The summed E-state index contributed by atoms with van der Waals surface area (Å²) in [6, 6.07) is 4.10. The van der Waals surface area contributed by atoms with Crippen LogP contribution in [-0.2, 0) is 0 Å². The maximum atomic E-state index is 10.8. The molecule has 4 nitrogen and oxygen atoms in total. The lowest BCUT2D eigenvalue weighted by Crippen LogP contribution is -2.47. The van der Waals surface area contributed by atoms with Crippen LogP contribution in [0, 0.1) is 5.92 Å². The molecule has 25 heavy (non-hydrogen) atoms. The van der Waals surface area contributed by atoms with Crippen LogP contribution in [0.4, 0.5) is 0 Å². The number of phenols is 1. The standard InChI is InChI=1S/C18H27BrN2O2.2ClH/c1-23-15-8-7-14(19)16(18(15)22)17(13-5-3-2-4-6-13)21-11-9-20-10-12-21;;/h7-8,13,17,20,22H,2-6,9-12H2,1H3;2*1H/t17-;;/m0../s1. The number of methoxy groups -OCH3 is 1. The van der Waals surface area contributed by atoms with E-state index in [0.717, 1.165) is 36.2 Å². The van der Waals surface area contributed by atoms with Gasteiger partial charge in [-0.05, 0) is 30.9 Å². The molecular formula is C18H29BrCl2N2O2. The number of hydrogen-bond donors (Lipinski definition) is 2. The van der Waals surface area contributed by atoms with Gasteiger partial charge in [0, 0.05) is 42.3 Å². The molecular weight excluding hydrogens is 427 g/mol. The lowest BCUT2D eigenvalue weighted by Gasteiger charge is -2.41. The summed E-state index contributed by atoms with van der Waals surface area (Å²) in [5.41, 5.74) is 1.01. The van der Waals surface area contributed by atoms with Crippen molar-refractivity contribution in [3.05, 3.63) is 22.2 Å². The van der Waals surface area contributed by atoms with Crippen LogP contribution < -0.4 is 10.1 Å². The lowest BCUT2D eigenvalue weighted by molar-refractivity contribution is 0.100. The fraction of sp³-hybridized carbons (Fsp3) is 0.667. The first-order valence-electron chi connectivity index (χ1n) is 8.72. The van der Waals surface area contributed by atoms with Crippen LogP contribution in [0.15, 0.2) is 16.6 Å². The molecule has 2 N–H and O–H groups in total. The Balaban J connectivity index is 0.00000156. The van der Waals surface area contributed by atoms with E-state index in [1.54, 1.807) is 7.11 Å². The van der Waals surface area contributed by atoms with Crippen LogP contribution in [0.1, 0.15) is 43.7 Å². The smallest absolute Gasteiger partial charge is 0.163 e. The van der Waals surface area contributed by atoms with Crippen LogP contribution in [0.25, 0.3) is 0 Å². The molecule has 2 aliphatic rings. The predicted molar refractivity (Wildman–Crippen MR) is 111 cm³/mol. The Kier molecular flexibility index (Phi) is 9.89. The van der Waals surface area contributed by atoms with Gasteiger partial charge in [0.15, 0.2) is 11.5 Å². The second-order valence-corrected chi connectivity index (χ2v) is 7.50. The van der Waals surface area contributed by atoms with Gasteiger partial charge in [-0.25, -0.2) is 0 Å². The second kappa shape index (κ2) is 10.8. The number of halogens is 3. The zero-order valence-corrected chi connectivity index (χ0v) is 17.9. The summed E-state index contributed by atoms with van der Waals surface area (Å²) in [6.45, 7) is 4.10. The molecule has 1 atom stereocenters. The normalized spacial score (nSPS) is 20.2. The summed E-state index contributed by atoms with van der Waals surface area (Å²) >= 11 is 3.69. The van der Waals surface area contributed by atoms with Gasteiger partial charge in [0.05, 0.1) is 7.11 Å². The zero-order chi connectivity index (χ0) is 16.2. The molecule has 7 heteroatoms. The van der Waals surface area contributed by atoms with E-state index >= 15 is 0 Å². The zero-order valence-electron chi connectivity index (χ0n) is 14.7. The van der Waals surface area contributed by atoms with Crippen LogP contribution >= 0.6 is 40.7 Å². The molecule has 3 rings (SSSR count). The third-order valence-corrected chi connectivity index (χ3v) is 5.98. The topological polar surface area (TPSA) is 44.7 Å². The molecule has 0 spiro atoms. The van der Waals surface area contributed by atoms with E-state index in [9.17, 15) is 5.11 Å². The number of rotatable bonds is 4. The Hall–Kier alpha value is -0.200. The summed E-state index contributed by atoms with van der Waals surface area (Å²) in [5, 5.41) is 14.2. The van der Waals surface area contributed by atoms with Gasteiger partial charge in [-0.15, -0.1) is 24.8 Å². The Bertz CT molecular complexity index is 518. The number of hydrogen-bond acceptors (Lipinski definition) is 4. The highest BCUT2D eigenvalue weighted by atomic mass is 79.9. The molecule has 0 radical (unpaired) electrons. The number of benzene rings is 1. The molecule has 0 unspecified atom stereocenters. The first kappa shape index (κ1) is 22.8. The summed E-state index contributed by atoms with van der Waals surface area (Å²) in [5.74, 6) is 1.48. The van der Waals surface area contributed by atoms with E-state index in [2.05, 4.69) is 26.1 Å². The number of nitrogens with one attached hydrogen (secondary N) is 1. The fourth-order valence-corrected chi connectivity index (χ4v) is 4.69. The van der Waals surface area contributed by atoms with E-state index < -0.39 is 0 Å². The third kappa shape index (κ3) is 5.16. The van der Waals surface area contributed by atoms with E-state index in [0.29, 0.717) is 17.4 Å². The molecule has 1 saturated carbocycles. The van der Waals surface area contributed by atoms with Crippen molar-refractivity contribution in [3.8, 4) is 11.5 Å². The van der Waals surface area contributed by atoms with Gasteiger partial charge < -0.3 is 15.2 Å². The molecule has 1 aliphatic carbocycles. The SMILES string of the molecule is COc1ccc(Br)c([C@H](C2CCCCC2)N2CCNCC2)c1O.Cl.Cl. The van der Waals surface area contributed by atoms with Crippen molar-refractivity contribution in [2.75, 3.05) is 33.3 Å². The van der Waals surface area contributed by atoms with Gasteiger partial charge >= 0.3 is 0 Å². The van der Waals surface area contributed by atoms with E-state index in [1.807, 2.05) is 12.1 Å². The monoisotopic (exact) mass is 454 g/mol. The molecule has 0 aromatic heterocycles. The van der Waals surface area contributed by atoms with Gasteiger partial charge in [0.2, 0.25) is 0 Å². The average molecular weight is 456 g/mol. The average Bonchev–Trinajstić information content (AvgIpc) is 2.60. The van der Waals surface area contributed by atoms with Crippen molar-refractivity contribution >= 4 is 40.7 Å². The molecule has 1 heterocycles. The lowest BCUT2D eigenvalue weighted by atomic mass is 9.79. The number of nitrogens with zero attached hydrogens (tertiary/aromatic N) is 1. The quantitative estimate of drug-likeness (QED) is 0.699. The molecule has 0 bridgehead atoms. The third-order valence-electron chi connectivity index (χ3n) is 5.28. The largest absolute Gasteiger partial charge is 0.504 e. The summed E-state index contributed by atoms with van der Waals surface area (Å²) in [4.78, 5) is 2.55. The van der Waals surface area contributed by atoms with Crippen molar-refractivity contribution in [2.24, 2.45) is 5.92 Å². The minimum atomic E-state index is 0. The molecule has 0 amide bonds. The van der Waals surface area contributed by atoms with Gasteiger partial charge in [-0.1, -0.05) is 35.2 Å². The first-order chi connectivity index (χ1) is 11.2. The molecule has 1 aromatic carbocycles. The highest BCUT2D eigenvalue weighted by Gasteiger charge is 2.34. The van der Waals surface area contributed by atoms with Crippen molar-refractivity contribution in [1.82, 2.24) is 10.2 Å². The van der Waals surface area contributed by atoms with E-state index in [4.69, 9.17) is 4.74 Å². The van der Waals surface area contributed by atoms with Crippen molar-refractivity contribution in [1.29, 1.82) is 0 Å². The molecule has 1 saturated heterocycles. The Morgan fingerprint density at radius 1 is 1.16 bits per heavy atom. The van der Waals surface area contributed by atoms with Gasteiger partial charge in [-0.3, -0.25) is 4.90 Å². The Labute approximate surface area is 171 Å². The van der Waals surface area contributed by atoms with Crippen molar-refractivity contribution in [2.45, 2.75) is 38.1 Å². The predicted octanol–water partition coefficient (Wildman–Crippen LogP) is 4.53. The Morgan fingerprint density at radius 2 is 1.80 bits per heavy atom. The van der Waals surface area contributed by atoms with Gasteiger partial charge in [0.1, 0.15) is 0 Å². The van der Waals surface area contributed by atoms with Crippen molar-refractivity contribution in [3.63, 3.8) is 0 Å². The van der Waals surface area contributed by atoms with E-state index in [1.165, 1.54) is 32.1 Å². The number of phenolic OH excluding ortho intramolecular Hbond substituents is 1. The highest BCUT2D eigenvalue weighted by molar-refractivity contribution is 9.10. The first-order valence-corrected chi connectivity index (χ1v) is 9.51. The minimum Gasteiger partial charge on any atom is -0.504 e. The van der Waals surface area contributed by atoms with E-state index in [-0.39, 0.29) is 30.9 Å². The summed E-state index contributed by atoms with van der Waals surface area (Å²) in [7, 11) is 1.62. The molecule has 1 aliphatic heterocycles. The van der Waals surface area contributed by atoms with Crippen LogP contribution in [0.3, 0.4) is 0 Å². The number of aromatic hydroxyl groups is 1. The van der Waals surface area contributed by atoms with Crippen LogP contribution in [-0.4, -0.2) is 43.3 Å². The van der Waals surface area contributed by atoms with Gasteiger partial charge in [0.25, 0.3) is 0 Å². The van der Waals surface area contributed by atoms with Crippen LogP contribution in [0.5, 0.6) is 11.5 Å². The molecule has 144 valence electrons. The number of piperazine rings is 1. The number of ether oxygens (including phenoxy) is 1. The highest BCUT2D eigenvalue weighted by Crippen LogP contribution is 2.47. The summed E-state index contributed by atoms with van der Waals surface area (Å²) < 4.78 is 6.35. The van der Waals surface area contributed by atoms with Crippen molar-refractivity contribution < 1.29 is 9.84 Å².